The van der Waals surface area contributed by atoms with E-state index in [0.29, 0.717) is 0 Å². The van der Waals surface area contributed by atoms with Gasteiger partial charge in [0.2, 0.25) is 0 Å². The molecule has 1 heteroatoms. The van der Waals surface area contributed by atoms with E-state index in [-0.39, 0.29) is 5.41 Å². The lowest BCUT2D eigenvalue weighted by atomic mass is 9.83. The van der Waals surface area contributed by atoms with Crippen LogP contribution >= 0.6 is 0 Å². The van der Waals surface area contributed by atoms with E-state index < -0.39 is 0 Å². The molecule has 1 aromatic carbocycles. The predicted octanol–water partition coefficient (Wildman–Crippen LogP) is 3.38. The first-order valence-electron chi connectivity index (χ1n) is 5.39. The zero-order chi connectivity index (χ0) is 11.6. The molecular formula is C14H20O. The van der Waals surface area contributed by atoms with Gasteiger partial charge in [0.25, 0.3) is 0 Å². The van der Waals surface area contributed by atoms with Crippen LogP contribution in [-0.4, -0.2) is 6.29 Å². The summed E-state index contributed by atoms with van der Waals surface area (Å²) in [6, 6.07) is 4.37. The van der Waals surface area contributed by atoms with Crippen LogP contribution in [0.25, 0.3) is 0 Å². The molecule has 0 atom stereocenters. The van der Waals surface area contributed by atoms with Crippen molar-refractivity contribution < 1.29 is 4.79 Å². The van der Waals surface area contributed by atoms with Gasteiger partial charge in [0.15, 0.2) is 0 Å². The van der Waals surface area contributed by atoms with Gasteiger partial charge in [-0.25, -0.2) is 0 Å². The fourth-order valence-corrected chi connectivity index (χ4v) is 1.99. The van der Waals surface area contributed by atoms with Crippen molar-refractivity contribution in [3.63, 3.8) is 0 Å². The molecule has 0 spiro atoms. The molecule has 15 heavy (non-hydrogen) atoms. The molecule has 0 heterocycles. The maximum Gasteiger partial charge on any atom is 0.125 e. The number of rotatable bonds is 3. The number of aldehydes is 1. The van der Waals surface area contributed by atoms with Gasteiger partial charge in [-0.2, -0.15) is 0 Å². The van der Waals surface area contributed by atoms with Crippen molar-refractivity contribution in [1.82, 2.24) is 0 Å². The SMILES string of the molecule is Cc1cc(C)c(CC(C)(C)C=O)c(C)c1. The third kappa shape index (κ3) is 2.92. The van der Waals surface area contributed by atoms with E-state index in [1.165, 1.54) is 22.3 Å². The summed E-state index contributed by atoms with van der Waals surface area (Å²) in [5, 5.41) is 0. The summed E-state index contributed by atoms with van der Waals surface area (Å²) < 4.78 is 0. The molecule has 0 saturated heterocycles. The van der Waals surface area contributed by atoms with E-state index in [2.05, 4.69) is 32.9 Å². The standard InChI is InChI=1S/C14H20O/c1-10-6-11(2)13(12(3)7-10)8-14(4,5)9-15/h6-7,9H,8H2,1-5H3. The number of carbonyl (C=O) groups is 1. The zero-order valence-electron chi connectivity index (χ0n) is 10.3. The van der Waals surface area contributed by atoms with E-state index in [4.69, 9.17) is 0 Å². The summed E-state index contributed by atoms with van der Waals surface area (Å²) in [6.45, 7) is 10.3. The molecule has 82 valence electrons. The zero-order valence-corrected chi connectivity index (χ0v) is 10.3. The third-order valence-corrected chi connectivity index (χ3v) is 2.79. The molecule has 0 aliphatic heterocycles. The van der Waals surface area contributed by atoms with E-state index in [1.807, 2.05) is 13.8 Å². The normalized spacial score (nSPS) is 11.5. The lowest BCUT2D eigenvalue weighted by molar-refractivity contribution is -0.114. The molecule has 0 bridgehead atoms. The lowest BCUT2D eigenvalue weighted by Crippen LogP contribution is -2.18. The van der Waals surface area contributed by atoms with Crippen molar-refractivity contribution in [3.05, 3.63) is 34.4 Å². The van der Waals surface area contributed by atoms with Gasteiger partial charge in [-0.3, -0.25) is 0 Å². The second-order valence-electron chi connectivity index (χ2n) is 5.16. The minimum Gasteiger partial charge on any atom is -0.303 e. The Morgan fingerprint density at radius 2 is 1.60 bits per heavy atom. The van der Waals surface area contributed by atoms with Crippen LogP contribution in [0.2, 0.25) is 0 Å². The average Bonchev–Trinajstić information content (AvgIpc) is 2.11. The molecule has 0 saturated carbocycles. The first-order chi connectivity index (χ1) is 6.85. The largest absolute Gasteiger partial charge is 0.303 e. The maximum absolute atomic E-state index is 10.9. The number of hydrogen-bond donors (Lipinski definition) is 0. The van der Waals surface area contributed by atoms with Gasteiger partial charge in [0.1, 0.15) is 6.29 Å². The monoisotopic (exact) mass is 204 g/mol. The quantitative estimate of drug-likeness (QED) is 0.690. The van der Waals surface area contributed by atoms with Crippen LogP contribution in [0, 0.1) is 26.2 Å². The van der Waals surface area contributed by atoms with Crippen molar-refractivity contribution in [2.45, 2.75) is 41.0 Å². The number of benzene rings is 1. The minimum absolute atomic E-state index is 0.259. The molecule has 0 radical (unpaired) electrons. The Morgan fingerprint density at radius 3 is 2.00 bits per heavy atom. The highest BCUT2D eigenvalue weighted by atomic mass is 16.1. The molecule has 0 amide bonds. The second-order valence-corrected chi connectivity index (χ2v) is 5.16. The van der Waals surface area contributed by atoms with Crippen molar-refractivity contribution >= 4 is 6.29 Å². The highest BCUT2D eigenvalue weighted by molar-refractivity contribution is 5.59. The Kier molecular flexibility index (Phi) is 3.33. The van der Waals surface area contributed by atoms with Crippen molar-refractivity contribution in [1.29, 1.82) is 0 Å². The smallest absolute Gasteiger partial charge is 0.125 e. The van der Waals surface area contributed by atoms with Gasteiger partial charge < -0.3 is 4.79 Å². The summed E-state index contributed by atoms with van der Waals surface area (Å²) in [4.78, 5) is 10.9. The van der Waals surface area contributed by atoms with E-state index in [0.717, 1.165) is 12.7 Å². The fraction of sp³-hybridized carbons (Fsp3) is 0.500. The molecule has 0 fully saturated rings. The summed E-state index contributed by atoms with van der Waals surface area (Å²) in [5.74, 6) is 0. The van der Waals surface area contributed by atoms with Gasteiger partial charge in [0.05, 0.1) is 0 Å². The summed E-state index contributed by atoms with van der Waals surface area (Å²) >= 11 is 0. The van der Waals surface area contributed by atoms with Crippen LogP contribution in [0.4, 0.5) is 0 Å². The van der Waals surface area contributed by atoms with Crippen LogP contribution < -0.4 is 0 Å². The third-order valence-electron chi connectivity index (χ3n) is 2.79. The van der Waals surface area contributed by atoms with E-state index in [1.54, 1.807) is 0 Å². The fourth-order valence-electron chi connectivity index (χ4n) is 1.99. The number of carbonyl (C=O) groups excluding carboxylic acids is 1. The average molecular weight is 204 g/mol. The van der Waals surface area contributed by atoms with Crippen molar-refractivity contribution in [3.8, 4) is 0 Å². The Labute approximate surface area is 92.5 Å². The van der Waals surface area contributed by atoms with Crippen molar-refractivity contribution in [2.24, 2.45) is 5.41 Å². The summed E-state index contributed by atoms with van der Waals surface area (Å²) in [5.41, 5.74) is 4.94. The maximum atomic E-state index is 10.9. The predicted molar refractivity (Wildman–Crippen MR) is 64.2 cm³/mol. The first kappa shape index (κ1) is 12.0. The Balaban J connectivity index is 3.10. The van der Waals surface area contributed by atoms with Gasteiger partial charge in [-0.15, -0.1) is 0 Å². The highest BCUT2D eigenvalue weighted by Crippen LogP contribution is 2.25. The molecule has 0 aliphatic carbocycles. The van der Waals surface area contributed by atoms with Gasteiger partial charge in [0, 0.05) is 5.41 Å². The van der Waals surface area contributed by atoms with Crippen LogP contribution in [-0.2, 0) is 11.2 Å². The molecule has 0 aromatic heterocycles. The van der Waals surface area contributed by atoms with Crippen LogP contribution in [0.1, 0.15) is 36.1 Å². The van der Waals surface area contributed by atoms with Crippen LogP contribution in [0.3, 0.4) is 0 Å². The minimum atomic E-state index is -0.259. The summed E-state index contributed by atoms with van der Waals surface area (Å²) in [7, 11) is 0. The molecular weight excluding hydrogens is 184 g/mol. The van der Waals surface area contributed by atoms with Crippen LogP contribution in [0.15, 0.2) is 12.1 Å². The molecule has 0 aliphatic rings. The van der Waals surface area contributed by atoms with Gasteiger partial charge in [-0.1, -0.05) is 31.5 Å². The Hall–Kier alpha value is -1.11. The topological polar surface area (TPSA) is 17.1 Å². The molecule has 1 aromatic rings. The van der Waals surface area contributed by atoms with E-state index in [9.17, 15) is 4.79 Å². The molecule has 1 rings (SSSR count). The van der Waals surface area contributed by atoms with Gasteiger partial charge >= 0.3 is 0 Å². The second kappa shape index (κ2) is 4.18. The number of aryl methyl sites for hydroxylation is 3. The van der Waals surface area contributed by atoms with Gasteiger partial charge in [-0.05, 0) is 43.9 Å². The highest BCUT2D eigenvalue weighted by Gasteiger charge is 2.19. The Bertz CT molecular complexity index is 352. The number of hydrogen-bond acceptors (Lipinski definition) is 1. The van der Waals surface area contributed by atoms with E-state index >= 15 is 0 Å². The Morgan fingerprint density at radius 1 is 1.13 bits per heavy atom. The first-order valence-corrected chi connectivity index (χ1v) is 5.39. The molecule has 0 unspecified atom stereocenters. The molecule has 0 N–H and O–H groups in total. The lowest BCUT2D eigenvalue weighted by Gasteiger charge is -2.20. The van der Waals surface area contributed by atoms with Crippen LogP contribution in [0.5, 0.6) is 0 Å². The molecule has 1 nitrogen and oxygen atoms in total. The summed E-state index contributed by atoms with van der Waals surface area (Å²) in [6.07, 6.45) is 1.88. The van der Waals surface area contributed by atoms with Crippen molar-refractivity contribution in [2.75, 3.05) is 0 Å².